The molecule has 0 aromatic carbocycles. The average Bonchev–Trinajstić information content (AvgIpc) is 2.68. The highest BCUT2D eigenvalue weighted by Crippen LogP contribution is 2.14. The van der Waals surface area contributed by atoms with Gasteiger partial charge in [-0.05, 0) is 19.1 Å². The predicted octanol–water partition coefficient (Wildman–Crippen LogP) is 8.23. The van der Waals surface area contributed by atoms with E-state index in [-0.39, 0.29) is 0 Å². The Hall–Kier alpha value is -0.370. The predicted molar refractivity (Wildman–Crippen MR) is 125 cm³/mol. The van der Waals surface area contributed by atoms with E-state index < -0.39 is 0 Å². The molecule has 0 aromatic rings. The monoisotopic (exact) mass is 380 g/mol. The second-order valence-corrected chi connectivity index (χ2v) is 8.38. The third-order valence-electron chi connectivity index (χ3n) is 5.57. The largest absolute Gasteiger partial charge is 0.329 e. The Kier molecular flexibility index (Phi) is 25.3. The molecule has 0 spiro atoms. The molecule has 2 nitrogen and oxygen atoms in total. The molecule has 0 rings (SSSR count). The summed E-state index contributed by atoms with van der Waals surface area (Å²) in [6, 6.07) is 0. The average molecular weight is 381 g/mol. The van der Waals surface area contributed by atoms with Crippen LogP contribution in [-0.4, -0.2) is 19.3 Å². The molecule has 0 fully saturated rings. The third kappa shape index (κ3) is 25.6. The van der Waals surface area contributed by atoms with Crippen LogP contribution in [0.5, 0.6) is 0 Å². The van der Waals surface area contributed by atoms with Crippen LogP contribution in [0.1, 0.15) is 142 Å². The molecule has 0 bridgehead atoms. The minimum atomic E-state index is 0.676. The fraction of sp³-hybridized carbons (Fsp3) is 0.960. The Bertz CT molecular complexity index is 275. The third-order valence-corrected chi connectivity index (χ3v) is 5.57. The topological polar surface area (TPSA) is 38.4 Å². The summed E-state index contributed by atoms with van der Waals surface area (Å²) in [5.41, 5.74) is 5.41. The van der Waals surface area contributed by atoms with Crippen LogP contribution in [0.15, 0.2) is 4.99 Å². The Morgan fingerprint density at radius 1 is 0.519 bits per heavy atom. The van der Waals surface area contributed by atoms with Gasteiger partial charge < -0.3 is 5.73 Å². The van der Waals surface area contributed by atoms with Crippen LogP contribution >= 0.6 is 0 Å². The first-order valence-electron chi connectivity index (χ1n) is 12.6. The molecule has 27 heavy (non-hydrogen) atoms. The van der Waals surface area contributed by atoms with Gasteiger partial charge >= 0.3 is 0 Å². The highest BCUT2D eigenvalue weighted by molar-refractivity contribution is 5.56. The van der Waals surface area contributed by atoms with E-state index in [9.17, 15) is 0 Å². The number of nitrogens with zero attached hydrogens (tertiary/aromatic N) is 1. The molecule has 0 amide bonds. The van der Waals surface area contributed by atoms with Gasteiger partial charge in [-0.3, -0.25) is 4.99 Å². The van der Waals surface area contributed by atoms with Gasteiger partial charge in [0.1, 0.15) is 0 Å². The van der Waals surface area contributed by atoms with Crippen LogP contribution in [0.25, 0.3) is 0 Å². The maximum atomic E-state index is 5.41. The van der Waals surface area contributed by atoms with E-state index in [0.29, 0.717) is 6.54 Å². The Labute approximate surface area is 172 Å². The van der Waals surface area contributed by atoms with Gasteiger partial charge in [0.2, 0.25) is 0 Å². The smallest absolute Gasteiger partial charge is 0.0508 e. The van der Waals surface area contributed by atoms with Crippen molar-refractivity contribution in [3.05, 3.63) is 0 Å². The summed E-state index contributed by atoms with van der Waals surface area (Å²) in [5.74, 6) is 0. The number of unbranched alkanes of at least 4 members (excludes halogenated alkanes) is 20. The summed E-state index contributed by atoms with van der Waals surface area (Å²) < 4.78 is 0. The fourth-order valence-electron chi connectivity index (χ4n) is 3.75. The van der Waals surface area contributed by atoms with Crippen molar-refractivity contribution in [1.82, 2.24) is 0 Å². The summed E-state index contributed by atoms with van der Waals surface area (Å²) in [7, 11) is 0. The van der Waals surface area contributed by atoms with E-state index in [1.54, 1.807) is 0 Å². The maximum Gasteiger partial charge on any atom is 0.0508 e. The zero-order chi connectivity index (χ0) is 19.7. The minimum absolute atomic E-state index is 0.676. The fourth-order valence-corrected chi connectivity index (χ4v) is 3.75. The number of rotatable bonds is 23. The summed E-state index contributed by atoms with van der Waals surface area (Å²) in [6.45, 7) is 3.76. The van der Waals surface area contributed by atoms with E-state index in [4.69, 9.17) is 5.73 Å². The molecule has 0 aliphatic carbocycles. The van der Waals surface area contributed by atoms with Crippen LogP contribution in [0.3, 0.4) is 0 Å². The number of hydrogen-bond acceptors (Lipinski definition) is 2. The highest BCUT2D eigenvalue weighted by atomic mass is 14.7. The van der Waals surface area contributed by atoms with E-state index >= 15 is 0 Å². The van der Waals surface area contributed by atoms with Crippen molar-refractivity contribution in [3.8, 4) is 0 Å². The maximum absolute atomic E-state index is 5.41. The first-order valence-corrected chi connectivity index (χ1v) is 12.6. The number of nitrogens with two attached hydrogens (primary N) is 1. The van der Waals surface area contributed by atoms with Gasteiger partial charge in [-0.25, -0.2) is 0 Å². The van der Waals surface area contributed by atoms with Crippen LogP contribution in [-0.2, 0) is 0 Å². The van der Waals surface area contributed by atoms with E-state index in [0.717, 1.165) is 13.0 Å². The van der Waals surface area contributed by atoms with Crippen molar-refractivity contribution in [3.63, 3.8) is 0 Å². The lowest BCUT2D eigenvalue weighted by atomic mass is 10.0. The Morgan fingerprint density at radius 3 is 1.19 bits per heavy atom. The van der Waals surface area contributed by atoms with Gasteiger partial charge in [0, 0.05) is 6.54 Å². The molecule has 0 aliphatic rings. The molecule has 0 aliphatic heterocycles. The zero-order valence-corrected chi connectivity index (χ0v) is 18.9. The lowest BCUT2D eigenvalue weighted by molar-refractivity contribution is 0.522. The van der Waals surface area contributed by atoms with Gasteiger partial charge in [0.05, 0.1) is 6.54 Å². The van der Waals surface area contributed by atoms with Crippen molar-refractivity contribution >= 4 is 6.21 Å². The molecule has 0 saturated carbocycles. The summed E-state index contributed by atoms with van der Waals surface area (Å²) in [4.78, 5) is 4.26. The van der Waals surface area contributed by atoms with Gasteiger partial charge in [0.15, 0.2) is 0 Å². The molecule has 162 valence electrons. The van der Waals surface area contributed by atoms with E-state index in [1.165, 1.54) is 128 Å². The van der Waals surface area contributed by atoms with Gasteiger partial charge in [-0.2, -0.15) is 0 Å². The van der Waals surface area contributed by atoms with E-state index in [1.807, 2.05) is 0 Å². The van der Waals surface area contributed by atoms with Crippen molar-refractivity contribution in [2.75, 3.05) is 13.1 Å². The van der Waals surface area contributed by atoms with Gasteiger partial charge in [-0.1, -0.05) is 129 Å². The molecular weight excluding hydrogens is 328 g/mol. The molecular formula is C25H52N2. The van der Waals surface area contributed by atoms with E-state index in [2.05, 4.69) is 18.1 Å². The highest BCUT2D eigenvalue weighted by Gasteiger charge is 1.95. The minimum Gasteiger partial charge on any atom is -0.329 e. The normalized spacial score (nSPS) is 11.6. The SMILES string of the molecule is CCCCCCCCCCCCCCCCCCCCCCC=NCCN. The Balaban J connectivity index is 2.99. The van der Waals surface area contributed by atoms with Crippen LogP contribution in [0.4, 0.5) is 0 Å². The van der Waals surface area contributed by atoms with Gasteiger partial charge in [-0.15, -0.1) is 0 Å². The lowest BCUT2D eigenvalue weighted by Crippen LogP contribution is -2.02. The second kappa shape index (κ2) is 25.6. The Morgan fingerprint density at radius 2 is 0.852 bits per heavy atom. The van der Waals surface area contributed by atoms with Crippen LogP contribution in [0.2, 0.25) is 0 Å². The molecule has 0 heterocycles. The summed E-state index contributed by atoms with van der Waals surface area (Å²) in [6.07, 6.45) is 32.1. The molecule has 0 aromatic heterocycles. The van der Waals surface area contributed by atoms with Crippen molar-refractivity contribution in [2.24, 2.45) is 10.7 Å². The van der Waals surface area contributed by atoms with Crippen molar-refractivity contribution in [2.45, 2.75) is 142 Å². The molecule has 0 saturated heterocycles. The molecule has 2 heteroatoms. The standard InChI is InChI=1S/C25H52N2/c1-2-3-4-5-6-7-8-9-10-11-12-13-14-15-16-17-18-19-20-21-22-24-27-25-23-26/h24H,2-23,25-26H2,1H3. The van der Waals surface area contributed by atoms with Gasteiger partial charge in [0.25, 0.3) is 0 Å². The molecule has 2 N–H and O–H groups in total. The van der Waals surface area contributed by atoms with Crippen molar-refractivity contribution < 1.29 is 0 Å². The first kappa shape index (κ1) is 26.6. The number of aliphatic imine (C=N–C) groups is 1. The molecule has 0 unspecified atom stereocenters. The number of hydrogen-bond donors (Lipinski definition) is 1. The quantitative estimate of drug-likeness (QED) is 0.141. The van der Waals surface area contributed by atoms with Crippen molar-refractivity contribution in [1.29, 1.82) is 0 Å². The summed E-state index contributed by atoms with van der Waals surface area (Å²) >= 11 is 0. The van der Waals surface area contributed by atoms with Crippen LogP contribution < -0.4 is 5.73 Å². The second-order valence-electron chi connectivity index (χ2n) is 8.38. The summed E-state index contributed by atoms with van der Waals surface area (Å²) in [5, 5.41) is 0. The molecule has 0 atom stereocenters. The van der Waals surface area contributed by atoms with Crippen LogP contribution in [0, 0.1) is 0 Å². The first-order chi connectivity index (χ1) is 13.4. The molecule has 0 radical (unpaired) electrons. The lowest BCUT2D eigenvalue weighted by Gasteiger charge is -2.04. The zero-order valence-electron chi connectivity index (χ0n) is 18.9.